The second-order valence-electron chi connectivity index (χ2n) is 5.18. The summed E-state index contributed by atoms with van der Waals surface area (Å²) in [6, 6.07) is 6.18. The van der Waals surface area contributed by atoms with Gasteiger partial charge in [0, 0.05) is 30.3 Å². The molecule has 0 amide bonds. The molecule has 4 N–H and O–H groups in total. The third kappa shape index (κ3) is 1.53. The Bertz CT molecular complexity index is 630. The molecule has 1 unspecified atom stereocenters. The standard InChI is InChI=1S/C15H17N3O/c1-8-7-18(14-13(17)9(2)15(14)19)12-5-10(6-16)3-4-11(8)12/h3-5,8H,2,6-7,16-17H2,1H3. The number of hydrogen-bond donors (Lipinski definition) is 2. The molecular formula is C15H17N3O. The Morgan fingerprint density at radius 2 is 2.21 bits per heavy atom. The van der Waals surface area contributed by atoms with Gasteiger partial charge in [0.05, 0.1) is 5.70 Å². The molecule has 0 aromatic heterocycles. The van der Waals surface area contributed by atoms with Gasteiger partial charge < -0.3 is 16.4 Å². The summed E-state index contributed by atoms with van der Waals surface area (Å²) in [5, 5.41) is 0. The van der Waals surface area contributed by atoms with E-state index in [0.29, 0.717) is 29.4 Å². The zero-order chi connectivity index (χ0) is 13.7. The predicted molar refractivity (Wildman–Crippen MR) is 75.5 cm³/mol. The first-order chi connectivity index (χ1) is 9.04. The number of carbonyl (C=O) groups excluding carboxylic acids is 1. The minimum atomic E-state index is -0.0456. The van der Waals surface area contributed by atoms with Crippen molar-refractivity contribution in [3.63, 3.8) is 0 Å². The largest absolute Gasteiger partial charge is 0.396 e. The molecule has 1 atom stereocenters. The first kappa shape index (κ1) is 12.0. The molecule has 1 aromatic carbocycles. The van der Waals surface area contributed by atoms with Crippen molar-refractivity contribution in [2.75, 3.05) is 11.4 Å². The maximum Gasteiger partial charge on any atom is 0.213 e. The normalized spacial score (nSPS) is 21.8. The Kier molecular flexibility index (Phi) is 2.50. The maximum atomic E-state index is 11.9. The van der Waals surface area contributed by atoms with Gasteiger partial charge in [0.2, 0.25) is 5.78 Å². The highest BCUT2D eigenvalue weighted by Gasteiger charge is 2.39. The summed E-state index contributed by atoms with van der Waals surface area (Å²) in [7, 11) is 0. The van der Waals surface area contributed by atoms with Gasteiger partial charge in [0.1, 0.15) is 5.70 Å². The lowest BCUT2D eigenvalue weighted by Crippen LogP contribution is -2.38. The minimum absolute atomic E-state index is 0.0456. The Hall–Kier alpha value is -2.07. The second kappa shape index (κ2) is 3.96. The van der Waals surface area contributed by atoms with Crippen LogP contribution in [0.2, 0.25) is 0 Å². The Balaban J connectivity index is 2.09. The lowest BCUT2D eigenvalue weighted by molar-refractivity contribution is -0.113. The van der Waals surface area contributed by atoms with Crippen molar-refractivity contribution in [1.29, 1.82) is 0 Å². The molecule has 4 heteroatoms. The smallest absolute Gasteiger partial charge is 0.213 e. The van der Waals surface area contributed by atoms with Gasteiger partial charge in [0.15, 0.2) is 0 Å². The van der Waals surface area contributed by atoms with Crippen molar-refractivity contribution in [2.45, 2.75) is 19.4 Å². The van der Waals surface area contributed by atoms with E-state index in [1.165, 1.54) is 5.56 Å². The molecule has 0 saturated carbocycles. The number of benzene rings is 1. The zero-order valence-electron chi connectivity index (χ0n) is 10.9. The van der Waals surface area contributed by atoms with Gasteiger partial charge in [-0.05, 0) is 17.2 Å². The Morgan fingerprint density at radius 3 is 2.84 bits per heavy atom. The summed E-state index contributed by atoms with van der Waals surface area (Å²) < 4.78 is 0. The molecule has 2 aliphatic rings. The molecule has 1 aliphatic carbocycles. The SMILES string of the molecule is C=C1C(=O)C(N2CC(C)c3ccc(CN)cc32)=C1N. The number of nitrogens with zero attached hydrogens (tertiary/aromatic N) is 1. The van der Waals surface area contributed by atoms with Crippen LogP contribution < -0.4 is 16.4 Å². The highest BCUT2D eigenvalue weighted by Crippen LogP contribution is 2.42. The number of nitrogens with two attached hydrogens (primary N) is 2. The summed E-state index contributed by atoms with van der Waals surface area (Å²) in [5.74, 6) is 0.333. The molecule has 1 heterocycles. The monoisotopic (exact) mass is 255 g/mol. The minimum Gasteiger partial charge on any atom is -0.396 e. The van der Waals surface area contributed by atoms with Crippen LogP contribution in [0.25, 0.3) is 0 Å². The van der Waals surface area contributed by atoms with Crippen LogP contribution in [0.5, 0.6) is 0 Å². The fourth-order valence-electron chi connectivity index (χ4n) is 2.78. The van der Waals surface area contributed by atoms with Gasteiger partial charge in [-0.1, -0.05) is 25.6 Å². The van der Waals surface area contributed by atoms with Gasteiger partial charge >= 0.3 is 0 Å². The number of carbonyl (C=O) groups is 1. The van der Waals surface area contributed by atoms with Crippen molar-refractivity contribution >= 4 is 11.5 Å². The molecular weight excluding hydrogens is 238 g/mol. The van der Waals surface area contributed by atoms with E-state index < -0.39 is 0 Å². The van der Waals surface area contributed by atoms with E-state index in [1.54, 1.807) is 0 Å². The fraction of sp³-hybridized carbons (Fsp3) is 0.267. The summed E-state index contributed by atoms with van der Waals surface area (Å²) >= 11 is 0. The number of ketones is 1. The van der Waals surface area contributed by atoms with E-state index in [1.807, 2.05) is 17.0 Å². The molecule has 0 spiro atoms. The van der Waals surface area contributed by atoms with Crippen molar-refractivity contribution in [3.8, 4) is 0 Å². The van der Waals surface area contributed by atoms with Gasteiger partial charge in [-0.3, -0.25) is 4.79 Å². The van der Waals surface area contributed by atoms with Crippen LogP contribution in [0.1, 0.15) is 24.0 Å². The average Bonchev–Trinajstić information content (AvgIpc) is 2.75. The van der Waals surface area contributed by atoms with Gasteiger partial charge in [0.25, 0.3) is 0 Å². The first-order valence-corrected chi connectivity index (χ1v) is 6.38. The van der Waals surface area contributed by atoms with Crippen molar-refractivity contribution in [2.24, 2.45) is 11.5 Å². The number of fused-ring (bicyclic) bond motifs is 1. The molecule has 98 valence electrons. The van der Waals surface area contributed by atoms with Crippen molar-refractivity contribution in [3.05, 3.63) is 52.9 Å². The summed E-state index contributed by atoms with van der Waals surface area (Å²) in [6.45, 7) is 7.09. The van der Waals surface area contributed by atoms with Crippen LogP contribution in [0, 0.1) is 0 Å². The van der Waals surface area contributed by atoms with E-state index in [-0.39, 0.29) is 5.78 Å². The second-order valence-corrected chi connectivity index (χ2v) is 5.18. The third-order valence-electron chi connectivity index (χ3n) is 3.95. The van der Waals surface area contributed by atoms with Crippen molar-refractivity contribution < 1.29 is 4.79 Å². The first-order valence-electron chi connectivity index (χ1n) is 6.38. The van der Waals surface area contributed by atoms with Gasteiger partial charge in [-0.15, -0.1) is 0 Å². The van der Waals surface area contributed by atoms with E-state index in [0.717, 1.165) is 17.8 Å². The zero-order valence-corrected chi connectivity index (χ0v) is 10.9. The number of anilines is 1. The van der Waals surface area contributed by atoms with Crippen LogP contribution in [-0.4, -0.2) is 12.3 Å². The number of hydrogen-bond acceptors (Lipinski definition) is 4. The molecule has 1 aliphatic heterocycles. The Labute approximate surface area is 112 Å². The Morgan fingerprint density at radius 1 is 1.47 bits per heavy atom. The topological polar surface area (TPSA) is 72.3 Å². The molecule has 3 rings (SSSR count). The number of Topliss-reactive ketones (excluding diaryl/α,β-unsaturated/α-hetero) is 1. The molecule has 4 nitrogen and oxygen atoms in total. The van der Waals surface area contributed by atoms with E-state index >= 15 is 0 Å². The predicted octanol–water partition coefficient (Wildman–Crippen LogP) is 1.38. The number of allylic oxidation sites excluding steroid dienone is 2. The van der Waals surface area contributed by atoms with Crippen LogP contribution in [0.3, 0.4) is 0 Å². The lowest BCUT2D eigenvalue weighted by Gasteiger charge is -2.31. The summed E-state index contributed by atoms with van der Waals surface area (Å²) in [4.78, 5) is 13.9. The highest BCUT2D eigenvalue weighted by atomic mass is 16.1. The van der Waals surface area contributed by atoms with Gasteiger partial charge in [-0.2, -0.15) is 0 Å². The van der Waals surface area contributed by atoms with E-state index in [2.05, 4.69) is 19.6 Å². The highest BCUT2D eigenvalue weighted by molar-refractivity contribution is 6.21. The summed E-state index contributed by atoms with van der Waals surface area (Å²) in [5.41, 5.74) is 16.5. The van der Waals surface area contributed by atoms with Crippen LogP contribution in [0.15, 0.2) is 41.7 Å². The van der Waals surface area contributed by atoms with E-state index in [9.17, 15) is 4.79 Å². The number of rotatable bonds is 2. The van der Waals surface area contributed by atoms with E-state index in [4.69, 9.17) is 11.5 Å². The summed E-state index contributed by atoms with van der Waals surface area (Å²) in [6.07, 6.45) is 0. The fourth-order valence-corrected chi connectivity index (χ4v) is 2.78. The lowest BCUT2D eigenvalue weighted by atomic mass is 9.92. The molecule has 0 fully saturated rings. The van der Waals surface area contributed by atoms with Crippen LogP contribution >= 0.6 is 0 Å². The van der Waals surface area contributed by atoms with Crippen LogP contribution in [-0.2, 0) is 11.3 Å². The maximum absolute atomic E-state index is 11.9. The quantitative estimate of drug-likeness (QED) is 0.783. The molecule has 0 bridgehead atoms. The third-order valence-corrected chi connectivity index (χ3v) is 3.95. The van der Waals surface area contributed by atoms with Gasteiger partial charge in [-0.25, -0.2) is 0 Å². The molecule has 1 aromatic rings. The molecule has 0 saturated heterocycles. The molecule has 0 radical (unpaired) electrons. The average molecular weight is 255 g/mol. The van der Waals surface area contributed by atoms with Crippen LogP contribution in [0.4, 0.5) is 5.69 Å². The van der Waals surface area contributed by atoms with Crippen molar-refractivity contribution in [1.82, 2.24) is 0 Å². The molecule has 19 heavy (non-hydrogen) atoms.